The van der Waals surface area contributed by atoms with E-state index >= 15 is 0 Å². The number of nitrogens with one attached hydrogen (secondary N) is 1. The molecule has 0 aliphatic heterocycles. The number of methoxy groups -OCH3 is 1. The Morgan fingerprint density at radius 2 is 1.96 bits per heavy atom. The summed E-state index contributed by atoms with van der Waals surface area (Å²) in [5.74, 6) is 1.67. The zero-order chi connectivity index (χ0) is 18.9. The molecule has 0 atom stereocenters. The van der Waals surface area contributed by atoms with Crippen LogP contribution in [0.15, 0.2) is 41.5 Å². The lowest BCUT2D eigenvalue weighted by Crippen LogP contribution is -2.17. The third-order valence-electron chi connectivity index (χ3n) is 3.33. The molecule has 2 rings (SSSR count). The number of hydrogen-bond acceptors (Lipinski definition) is 5. The van der Waals surface area contributed by atoms with Crippen molar-refractivity contribution in [3.05, 3.63) is 51.1 Å². The van der Waals surface area contributed by atoms with Crippen molar-refractivity contribution < 1.29 is 19.0 Å². The lowest BCUT2D eigenvalue weighted by Gasteiger charge is -2.13. The van der Waals surface area contributed by atoms with Gasteiger partial charge in [-0.05, 0) is 72.3 Å². The largest absolute Gasteiger partial charge is 0.497 e. The molecule has 0 fully saturated rings. The van der Waals surface area contributed by atoms with Gasteiger partial charge in [0.25, 0.3) is 5.91 Å². The van der Waals surface area contributed by atoms with Crippen molar-refractivity contribution in [2.45, 2.75) is 13.8 Å². The van der Waals surface area contributed by atoms with Crippen molar-refractivity contribution >= 4 is 34.7 Å². The highest BCUT2D eigenvalue weighted by Crippen LogP contribution is 2.33. The Labute approximate surface area is 166 Å². The van der Waals surface area contributed by atoms with Crippen LogP contribution in [0.3, 0.4) is 0 Å². The van der Waals surface area contributed by atoms with Crippen LogP contribution in [0, 0.1) is 3.57 Å². The van der Waals surface area contributed by atoms with E-state index in [9.17, 15) is 4.79 Å². The summed E-state index contributed by atoms with van der Waals surface area (Å²) >= 11 is 2.19. The lowest BCUT2D eigenvalue weighted by molar-refractivity contribution is 0.0955. The monoisotopic (exact) mass is 468 g/mol. The molecule has 26 heavy (non-hydrogen) atoms. The quantitative estimate of drug-likeness (QED) is 0.363. The number of rotatable bonds is 8. The maximum absolute atomic E-state index is 12.2. The Hall–Kier alpha value is -2.29. The zero-order valence-electron chi connectivity index (χ0n) is 14.9. The van der Waals surface area contributed by atoms with Crippen LogP contribution in [0.5, 0.6) is 17.2 Å². The van der Waals surface area contributed by atoms with E-state index in [1.165, 1.54) is 0 Å². The molecule has 1 amide bonds. The minimum Gasteiger partial charge on any atom is -0.497 e. The second kappa shape index (κ2) is 10.0. The van der Waals surface area contributed by atoms with Crippen LogP contribution in [-0.2, 0) is 0 Å². The molecule has 0 aliphatic rings. The number of amides is 1. The average Bonchev–Trinajstić information content (AvgIpc) is 2.64. The summed E-state index contributed by atoms with van der Waals surface area (Å²) in [6.45, 7) is 4.93. The van der Waals surface area contributed by atoms with Crippen LogP contribution < -0.4 is 19.6 Å². The van der Waals surface area contributed by atoms with Gasteiger partial charge in [-0.1, -0.05) is 6.07 Å². The predicted molar refractivity (Wildman–Crippen MR) is 110 cm³/mol. The van der Waals surface area contributed by atoms with Crippen molar-refractivity contribution in [2.24, 2.45) is 5.10 Å². The standard InChI is InChI=1S/C19H21IN2O4/c1-4-25-17-10-13(9-16(20)18(17)26-5-2)12-21-22-19(23)14-7-6-8-15(11-14)24-3/h6-12H,4-5H2,1-3H3,(H,22,23)/b21-12+. The van der Waals surface area contributed by atoms with Gasteiger partial charge in [-0.3, -0.25) is 4.79 Å². The topological polar surface area (TPSA) is 69.2 Å². The minimum atomic E-state index is -0.314. The fourth-order valence-electron chi connectivity index (χ4n) is 2.20. The van der Waals surface area contributed by atoms with Gasteiger partial charge in [0.05, 0.1) is 30.1 Å². The van der Waals surface area contributed by atoms with Crippen molar-refractivity contribution in [1.29, 1.82) is 0 Å². The first-order valence-corrected chi connectivity index (χ1v) is 9.23. The fourth-order valence-corrected chi connectivity index (χ4v) is 2.99. The Morgan fingerprint density at radius 1 is 1.19 bits per heavy atom. The SMILES string of the molecule is CCOc1cc(/C=N/NC(=O)c2cccc(OC)c2)cc(I)c1OCC. The molecule has 2 aromatic carbocycles. The predicted octanol–water partition coefficient (Wildman–Crippen LogP) is 3.86. The second-order valence-corrected chi connectivity index (χ2v) is 6.29. The van der Waals surface area contributed by atoms with Crippen LogP contribution >= 0.6 is 22.6 Å². The molecular weight excluding hydrogens is 447 g/mol. The first kappa shape index (κ1) is 20.0. The van der Waals surface area contributed by atoms with Gasteiger partial charge in [0.2, 0.25) is 0 Å². The van der Waals surface area contributed by atoms with Gasteiger partial charge in [-0.25, -0.2) is 5.43 Å². The zero-order valence-corrected chi connectivity index (χ0v) is 17.1. The molecule has 0 saturated carbocycles. The summed E-state index contributed by atoms with van der Waals surface area (Å²) in [6, 6.07) is 10.6. The summed E-state index contributed by atoms with van der Waals surface area (Å²) < 4.78 is 17.3. The van der Waals surface area contributed by atoms with Gasteiger partial charge < -0.3 is 14.2 Å². The molecule has 0 heterocycles. The van der Waals surface area contributed by atoms with Gasteiger partial charge in [0.15, 0.2) is 11.5 Å². The van der Waals surface area contributed by atoms with Crippen LogP contribution in [0.2, 0.25) is 0 Å². The molecule has 0 unspecified atom stereocenters. The Morgan fingerprint density at radius 3 is 2.65 bits per heavy atom. The van der Waals surface area contributed by atoms with Crippen LogP contribution in [0.4, 0.5) is 0 Å². The molecule has 2 aromatic rings. The molecular formula is C19H21IN2O4. The lowest BCUT2D eigenvalue weighted by atomic mass is 10.2. The first-order valence-electron chi connectivity index (χ1n) is 8.15. The van der Waals surface area contributed by atoms with Gasteiger partial charge >= 0.3 is 0 Å². The van der Waals surface area contributed by atoms with Gasteiger partial charge in [0, 0.05) is 5.56 Å². The summed E-state index contributed by atoms with van der Waals surface area (Å²) in [5.41, 5.74) is 3.78. The van der Waals surface area contributed by atoms with Crippen molar-refractivity contribution in [1.82, 2.24) is 5.43 Å². The van der Waals surface area contributed by atoms with E-state index in [2.05, 4.69) is 33.1 Å². The number of ether oxygens (including phenoxy) is 3. The average molecular weight is 468 g/mol. The first-order chi connectivity index (χ1) is 12.6. The second-order valence-electron chi connectivity index (χ2n) is 5.13. The third kappa shape index (κ3) is 5.35. The molecule has 0 radical (unpaired) electrons. The number of carbonyl (C=O) groups excluding carboxylic acids is 1. The molecule has 1 N–H and O–H groups in total. The van der Waals surface area contributed by atoms with E-state index in [1.807, 2.05) is 26.0 Å². The normalized spacial score (nSPS) is 10.6. The summed E-state index contributed by atoms with van der Waals surface area (Å²) in [7, 11) is 1.55. The number of hydrazone groups is 1. The number of carbonyl (C=O) groups is 1. The molecule has 0 aliphatic carbocycles. The molecule has 0 saturated heterocycles. The van der Waals surface area contributed by atoms with Gasteiger partial charge in [-0.2, -0.15) is 5.10 Å². The highest BCUT2D eigenvalue weighted by molar-refractivity contribution is 14.1. The molecule has 6 nitrogen and oxygen atoms in total. The van der Waals surface area contributed by atoms with Crippen molar-refractivity contribution in [3.63, 3.8) is 0 Å². The number of benzene rings is 2. The highest BCUT2D eigenvalue weighted by Gasteiger charge is 2.11. The maximum atomic E-state index is 12.2. The minimum absolute atomic E-state index is 0.314. The number of halogens is 1. The van der Waals surface area contributed by atoms with Crippen LogP contribution in [0.25, 0.3) is 0 Å². The van der Waals surface area contributed by atoms with Gasteiger partial charge in [0.1, 0.15) is 5.75 Å². The smallest absolute Gasteiger partial charge is 0.271 e. The molecule has 0 spiro atoms. The van der Waals surface area contributed by atoms with E-state index in [0.29, 0.717) is 36.0 Å². The summed E-state index contributed by atoms with van der Waals surface area (Å²) in [6.07, 6.45) is 1.57. The van der Waals surface area contributed by atoms with Crippen molar-refractivity contribution in [2.75, 3.05) is 20.3 Å². The Bertz CT molecular complexity index is 793. The van der Waals surface area contributed by atoms with Gasteiger partial charge in [-0.15, -0.1) is 0 Å². The molecule has 0 aromatic heterocycles. The van der Waals surface area contributed by atoms with Crippen LogP contribution in [0.1, 0.15) is 29.8 Å². The Kier molecular flexibility index (Phi) is 7.71. The molecule has 0 bridgehead atoms. The molecule has 7 heteroatoms. The van der Waals surface area contributed by atoms with E-state index in [4.69, 9.17) is 14.2 Å². The van der Waals surface area contributed by atoms with E-state index in [-0.39, 0.29) is 5.91 Å². The number of hydrogen-bond donors (Lipinski definition) is 1. The summed E-state index contributed by atoms with van der Waals surface area (Å²) in [5, 5.41) is 4.03. The molecule has 138 valence electrons. The van der Waals surface area contributed by atoms with E-state index in [1.54, 1.807) is 37.6 Å². The maximum Gasteiger partial charge on any atom is 0.271 e. The fraction of sp³-hybridized carbons (Fsp3) is 0.263. The van der Waals surface area contributed by atoms with E-state index in [0.717, 1.165) is 9.13 Å². The highest BCUT2D eigenvalue weighted by atomic mass is 127. The number of nitrogens with zero attached hydrogens (tertiary/aromatic N) is 1. The van der Waals surface area contributed by atoms with Crippen molar-refractivity contribution in [3.8, 4) is 17.2 Å². The van der Waals surface area contributed by atoms with Crippen LogP contribution in [-0.4, -0.2) is 32.4 Å². The Balaban J connectivity index is 2.13. The summed E-state index contributed by atoms with van der Waals surface area (Å²) in [4.78, 5) is 12.2. The third-order valence-corrected chi connectivity index (χ3v) is 4.13. The van der Waals surface area contributed by atoms with E-state index < -0.39 is 0 Å².